The molecule has 0 atom stereocenters. The Morgan fingerprint density at radius 1 is 1.15 bits per heavy atom. The van der Waals surface area contributed by atoms with Gasteiger partial charge in [0, 0.05) is 18.5 Å². The highest BCUT2D eigenvalue weighted by Gasteiger charge is 2.24. The van der Waals surface area contributed by atoms with Crippen LogP contribution in [0.5, 0.6) is 0 Å². The molecule has 0 heterocycles. The lowest BCUT2D eigenvalue weighted by Crippen LogP contribution is -2.23. The van der Waals surface area contributed by atoms with Crippen LogP contribution in [0.2, 0.25) is 5.02 Å². The van der Waals surface area contributed by atoms with Gasteiger partial charge in [-0.05, 0) is 78.5 Å². The van der Waals surface area contributed by atoms with Crippen molar-refractivity contribution in [3.63, 3.8) is 0 Å². The van der Waals surface area contributed by atoms with Crippen LogP contribution in [-0.2, 0) is 24.1 Å². The fourth-order valence-corrected chi connectivity index (χ4v) is 4.00. The Hall–Kier alpha value is -2.13. The van der Waals surface area contributed by atoms with E-state index in [0.29, 0.717) is 11.4 Å². The van der Waals surface area contributed by atoms with Gasteiger partial charge in [-0.2, -0.15) is 0 Å². The summed E-state index contributed by atoms with van der Waals surface area (Å²) in [6, 6.07) is 9.80. The van der Waals surface area contributed by atoms with Crippen molar-refractivity contribution in [2.45, 2.75) is 44.9 Å². The lowest BCUT2D eigenvalue weighted by Gasteiger charge is -2.25. The first kappa shape index (κ1) is 18.7. The predicted molar refractivity (Wildman–Crippen MR) is 106 cm³/mol. The summed E-state index contributed by atoms with van der Waals surface area (Å²) < 4.78 is 0. The van der Waals surface area contributed by atoms with Gasteiger partial charge < -0.3 is 10.1 Å². The first-order valence-corrected chi connectivity index (χ1v) is 9.62. The fourth-order valence-electron chi connectivity index (χ4n) is 3.87. The minimum absolute atomic E-state index is 0.0347. The van der Waals surface area contributed by atoms with Gasteiger partial charge >= 0.3 is 0 Å². The molecule has 0 saturated heterocycles. The third-order valence-corrected chi connectivity index (χ3v) is 5.37. The number of hydrogen-bond acceptors (Lipinski definition) is 2. The summed E-state index contributed by atoms with van der Waals surface area (Å²) in [4.78, 5) is 23.5. The van der Waals surface area contributed by atoms with Gasteiger partial charge in [0.05, 0.1) is 5.56 Å². The van der Waals surface area contributed by atoms with Gasteiger partial charge in [-0.3, -0.25) is 4.79 Å². The second-order valence-electron chi connectivity index (χ2n) is 6.77. The summed E-state index contributed by atoms with van der Waals surface area (Å²) >= 11 is 6.05. The van der Waals surface area contributed by atoms with E-state index in [4.69, 9.17) is 11.6 Å². The number of unbranched alkanes of at least 4 members (excludes halogenated alkanes) is 1. The largest absolute Gasteiger partial charge is 0.355 e. The lowest BCUT2D eigenvalue weighted by atomic mass is 9.80. The predicted octanol–water partition coefficient (Wildman–Crippen LogP) is 4.77. The molecule has 0 aromatic heterocycles. The summed E-state index contributed by atoms with van der Waals surface area (Å²) in [5.74, 6) is -0.0347. The number of halogens is 1. The zero-order valence-electron chi connectivity index (χ0n) is 15.1. The topological polar surface area (TPSA) is 46.2 Å². The average molecular weight is 370 g/mol. The molecule has 1 N–H and O–H groups in total. The molecule has 2 aromatic rings. The molecule has 1 aliphatic rings. The number of amides is 1. The molecular formula is C22H24ClNO2. The van der Waals surface area contributed by atoms with E-state index < -0.39 is 0 Å². The molecule has 2 aromatic carbocycles. The smallest absolute Gasteiger partial charge is 0.251 e. The number of hydrogen-bond donors (Lipinski definition) is 1. The minimum Gasteiger partial charge on any atom is -0.355 e. The van der Waals surface area contributed by atoms with Crippen molar-refractivity contribution in [2.75, 3.05) is 7.05 Å². The van der Waals surface area contributed by atoms with Crippen LogP contribution >= 0.6 is 11.6 Å². The standard InChI is InChI=1S/C22H24ClNO2/c1-24-22(26)21-19-8-3-2-7-18(19)16(6-4-5-13-25)14-20(21)15-9-11-17(23)12-10-15/h9-14H,2-8H2,1H3,(H,24,26). The van der Waals surface area contributed by atoms with Gasteiger partial charge in [-0.15, -0.1) is 0 Å². The second-order valence-corrected chi connectivity index (χ2v) is 7.20. The van der Waals surface area contributed by atoms with Crippen LogP contribution in [0.1, 0.15) is 52.7 Å². The van der Waals surface area contributed by atoms with Crippen LogP contribution in [0, 0.1) is 0 Å². The van der Waals surface area contributed by atoms with Gasteiger partial charge in [0.2, 0.25) is 0 Å². The van der Waals surface area contributed by atoms with Crippen molar-refractivity contribution in [3.8, 4) is 11.1 Å². The summed E-state index contributed by atoms with van der Waals surface area (Å²) in [5.41, 5.74) is 6.53. The maximum atomic E-state index is 12.7. The van der Waals surface area contributed by atoms with E-state index in [0.717, 1.165) is 61.5 Å². The van der Waals surface area contributed by atoms with Crippen molar-refractivity contribution in [3.05, 3.63) is 57.6 Å². The van der Waals surface area contributed by atoms with E-state index in [1.165, 1.54) is 16.7 Å². The van der Waals surface area contributed by atoms with Crippen molar-refractivity contribution in [1.29, 1.82) is 0 Å². The molecule has 4 heteroatoms. The van der Waals surface area contributed by atoms with Crippen molar-refractivity contribution < 1.29 is 9.59 Å². The van der Waals surface area contributed by atoms with Gasteiger partial charge in [0.15, 0.2) is 0 Å². The van der Waals surface area contributed by atoms with E-state index in [9.17, 15) is 9.59 Å². The average Bonchev–Trinajstić information content (AvgIpc) is 2.68. The Kier molecular flexibility index (Phi) is 6.10. The fraction of sp³-hybridized carbons (Fsp3) is 0.364. The van der Waals surface area contributed by atoms with Crippen molar-refractivity contribution in [1.82, 2.24) is 5.32 Å². The molecule has 26 heavy (non-hydrogen) atoms. The molecule has 0 spiro atoms. The minimum atomic E-state index is -0.0347. The van der Waals surface area contributed by atoms with Crippen LogP contribution in [0.3, 0.4) is 0 Å². The third kappa shape index (κ3) is 3.83. The molecule has 1 amide bonds. The Balaban J connectivity index is 2.18. The highest BCUT2D eigenvalue weighted by Crippen LogP contribution is 2.36. The molecule has 0 aliphatic heterocycles. The van der Waals surface area contributed by atoms with Crippen LogP contribution in [-0.4, -0.2) is 19.2 Å². The third-order valence-electron chi connectivity index (χ3n) is 5.12. The van der Waals surface area contributed by atoms with Gasteiger partial charge in [0.1, 0.15) is 6.29 Å². The lowest BCUT2D eigenvalue weighted by molar-refractivity contribution is -0.107. The number of fused-ring (bicyclic) bond motifs is 1. The quantitative estimate of drug-likeness (QED) is 0.589. The molecular weight excluding hydrogens is 346 g/mol. The van der Waals surface area contributed by atoms with E-state index in [1.54, 1.807) is 7.05 Å². The number of carbonyl (C=O) groups excluding carboxylic acids is 2. The molecule has 0 unspecified atom stereocenters. The van der Waals surface area contributed by atoms with Gasteiger partial charge in [-0.1, -0.05) is 29.8 Å². The molecule has 0 fully saturated rings. The normalized spacial score (nSPS) is 13.2. The van der Waals surface area contributed by atoms with Crippen LogP contribution in [0.4, 0.5) is 0 Å². The van der Waals surface area contributed by atoms with Crippen molar-refractivity contribution in [2.24, 2.45) is 0 Å². The SMILES string of the molecule is CNC(=O)c1c(-c2ccc(Cl)cc2)cc(CCCC=O)c2c1CCCC2. The Bertz CT molecular complexity index is 812. The van der Waals surface area contributed by atoms with E-state index in [1.807, 2.05) is 24.3 Å². The highest BCUT2D eigenvalue weighted by atomic mass is 35.5. The van der Waals surface area contributed by atoms with Gasteiger partial charge in [0.25, 0.3) is 5.91 Å². The first-order chi connectivity index (χ1) is 12.7. The summed E-state index contributed by atoms with van der Waals surface area (Å²) in [6.45, 7) is 0. The monoisotopic (exact) mass is 369 g/mol. The van der Waals surface area contributed by atoms with Crippen LogP contribution in [0.25, 0.3) is 11.1 Å². The Morgan fingerprint density at radius 2 is 1.85 bits per heavy atom. The molecule has 3 rings (SSSR count). The first-order valence-electron chi connectivity index (χ1n) is 9.25. The number of rotatable bonds is 6. The van der Waals surface area contributed by atoms with Crippen molar-refractivity contribution >= 4 is 23.8 Å². The van der Waals surface area contributed by atoms with E-state index in [-0.39, 0.29) is 5.91 Å². The number of carbonyl (C=O) groups is 2. The van der Waals surface area contributed by atoms with E-state index >= 15 is 0 Å². The maximum absolute atomic E-state index is 12.7. The van der Waals surface area contributed by atoms with Crippen LogP contribution < -0.4 is 5.32 Å². The zero-order chi connectivity index (χ0) is 18.5. The maximum Gasteiger partial charge on any atom is 0.251 e. The molecule has 1 aliphatic carbocycles. The Morgan fingerprint density at radius 3 is 2.50 bits per heavy atom. The molecule has 3 nitrogen and oxygen atoms in total. The summed E-state index contributed by atoms with van der Waals surface area (Å²) in [7, 11) is 1.68. The Labute approximate surface area is 159 Å². The summed E-state index contributed by atoms with van der Waals surface area (Å²) in [6.07, 6.45) is 7.46. The number of benzene rings is 2. The molecule has 0 saturated carbocycles. The number of aldehydes is 1. The zero-order valence-corrected chi connectivity index (χ0v) is 15.9. The second kappa shape index (κ2) is 8.50. The van der Waals surface area contributed by atoms with E-state index in [2.05, 4.69) is 11.4 Å². The van der Waals surface area contributed by atoms with Gasteiger partial charge in [-0.25, -0.2) is 0 Å². The number of nitrogens with one attached hydrogen (secondary N) is 1. The molecule has 136 valence electrons. The summed E-state index contributed by atoms with van der Waals surface area (Å²) in [5, 5.41) is 3.49. The number of aryl methyl sites for hydroxylation is 1. The highest BCUT2D eigenvalue weighted by molar-refractivity contribution is 6.30. The van der Waals surface area contributed by atoms with Crippen LogP contribution in [0.15, 0.2) is 30.3 Å². The molecule has 0 radical (unpaired) electrons. The molecule has 0 bridgehead atoms.